The number of sulfonamides is 1. The van der Waals surface area contributed by atoms with Crippen LogP contribution in [-0.2, 0) is 10.0 Å². The van der Waals surface area contributed by atoms with Crippen molar-refractivity contribution in [1.29, 1.82) is 0 Å². The molecule has 2 heterocycles. The molecule has 0 radical (unpaired) electrons. The molecule has 2 aromatic heterocycles. The molecule has 186 valence electrons. The molecular weight excluding hydrogens is 496 g/mol. The molecule has 4 N–H and O–H groups in total. The number of nitrogens with one attached hydrogen (secondary N) is 3. The molecule has 0 saturated heterocycles. The van der Waals surface area contributed by atoms with E-state index in [0.717, 1.165) is 12.1 Å². The standard InChI is InChI=1S/C23H19F2N5O5S/c1-2-9-36(34,35)30-16-8-7-15(24)18(19(16)25)20(31)14-10-26-21-17(14)22(28-11-27-21)29-13-5-3-12(4-6-13)23(32)33/h3-8,10-11,30H,2,9H2,1H3,(H,32,33)(H2,26,27,28,29). The van der Waals surface area contributed by atoms with E-state index >= 15 is 4.39 Å². The maximum absolute atomic E-state index is 15.2. The Hall–Kier alpha value is -4.39. The summed E-state index contributed by atoms with van der Waals surface area (Å²) in [5.74, 6) is -4.87. The predicted octanol–water partition coefficient (Wildman–Crippen LogP) is 4.06. The predicted molar refractivity (Wildman–Crippen MR) is 128 cm³/mol. The van der Waals surface area contributed by atoms with Crippen LogP contribution in [0.15, 0.2) is 48.9 Å². The Balaban J connectivity index is 1.75. The van der Waals surface area contributed by atoms with Crippen LogP contribution >= 0.6 is 0 Å². The minimum atomic E-state index is -3.90. The molecule has 0 spiro atoms. The van der Waals surface area contributed by atoms with Gasteiger partial charge in [-0.3, -0.25) is 9.52 Å². The van der Waals surface area contributed by atoms with Crippen LogP contribution in [-0.4, -0.2) is 46.0 Å². The van der Waals surface area contributed by atoms with E-state index in [0.29, 0.717) is 5.69 Å². The largest absolute Gasteiger partial charge is 0.478 e. The lowest BCUT2D eigenvalue weighted by Gasteiger charge is -2.12. The molecule has 36 heavy (non-hydrogen) atoms. The molecule has 0 unspecified atom stereocenters. The summed E-state index contributed by atoms with van der Waals surface area (Å²) in [6, 6.07) is 7.40. The van der Waals surface area contributed by atoms with Crippen molar-refractivity contribution in [2.75, 3.05) is 15.8 Å². The topological polar surface area (TPSA) is 154 Å². The highest BCUT2D eigenvalue weighted by Gasteiger charge is 2.27. The Kier molecular flexibility index (Phi) is 6.66. The number of carbonyl (C=O) groups excluding carboxylic acids is 1. The second kappa shape index (κ2) is 9.70. The van der Waals surface area contributed by atoms with E-state index in [1.165, 1.54) is 36.8 Å². The van der Waals surface area contributed by atoms with Crippen molar-refractivity contribution in [3.05, 3.63) is 77.2 Å². The number of ketones is 1. The van der Waals surface area contributed by atoms with E-state index in [2.05, 4.69) is 20.3 Å². The van der Waals surface area contributed by atoms with Crippen LogP contribution < -0.4 is 10.0 Å². The van der Waals surface area contributed by atoms with Gasteiger partial charge < -0.3 is 15.4 Å². The lowest BCUT2D eigenvalue weighted by atomic mass is 10.0. The van der Waals surface area contributed by atoms with Gasteiger partial charge in [-0.2, -0.15) is 0 Å². The highest BCUT2D eigenvalue weighted by Crippen LogP contribution is 2.31. The van der Waals surface area contributed by atoms with Gasteiger partial charge in [0.05, 0.1) is 33.5 Å². The second-order valence-corrected chi connectivity index (χ2v) is 9.53. The number of carboxylic acids is 1. The minimum absolute atomic E-state index is 0.0614. The number of fused-ring (bicyclic) bond motifs is 1. The van der Waals surface area contributed by atoms with Gasteiger partial charge in [-0.25, -0.2) is 32.0 Å². The van der Waals surface area contributed by atoms with Crippen molar-refractivity contribution >= 4 is 50.0 Å². The average molecular weight is 515 g/mol. The fourth-order valence-electron chi connectivity index (χ4n) is 3.53. The van der Waals surface area contributed by atoms with Crippen molar-refractivity contribution in [3.8, 4) is 0 Å². The summed E-state index contributed by atoms with van der Waals surface area (Å²) >= 11 is 0. The number of nitrogens with zero attached hydrogens (tertiary/aromatic N) is 2. The zero-order valence-electron chi connectivity index (χ0n) is 18.7. The first kappa shape index (κ1) is 24.7. The Morgan fingerprint density at radius 3 is 2.47 bits per heavy atom. The number of carboxylic acid groups (broad SMARTS) is 1. The van der Waals surface area contributed by atoms with E-state index in [1.54, 1.807) is 6.92 Å². The van der Waals surface area contributed by atoms with Gasteiger partial charge in [0, 0.05) is 11.9 Å². The summed E-state index contributed by atoms with van der Waals surface area (Å²) in [4.78, 5) is 35.3. The third kappa shape index (κ3) is 4.86. The Morgan fingerprint density at radius 2 is 1.81 bits per heavy atom. The summed E-state index contributed by atoms with van der Waals surface area (Å²) in [5.41, 5.74) is -0.981. The van der Waals surface area contributed by atoms with Crippen LogP contribution in [0.3, 0.4) is 0 Å². The van der Waals surface area contributed by atoms with Gasteiger partial charge >= 0.3 is 5.97 Å². The zero-order valence-corrected chi connectivity index (χ0v) is 19.5. The van der Waals surface area contributed by atoms with Crippen molar-refractivity contribution in [3.63, 3.8) is 0 Å². The molecule has 2 aromatic carbocycles. The number of aromatic carboxylic acids is 1. The normalized spacial score (nSPS) is 11.4. The van der Waals surface area contributed by atoms with E-state index in [9.17, 15) is 22.4 Å². The molecule has 0 fully saturated rings. The number of hydrogen-bond acceptors (Lipinski definition) is 7. The minimum Gasteiger partial charge on any atom is -0.478 e. The van der Waals surface area contributed by atoms with Crippen LogP contribution in [0.4, 0.5) is 26.0 Å². The van der Waals surface area contributed by atoms with Crippen LogP contribution in [0.2, 0.25) is 0 Å². The molecule has 0 aliphatic rings. The fourth-order valence-corrected chi connectivity index (χ4v) is 4.66. The lowest BCUT2D eigenvalue weighted by molar-refractivity contribution is 0.0696. The van der Waals surface area contributed by atoms with Gasteiger partial charge in [0.15, 0.2) is 5.82 Å². The SMILES string of the molecule is CCCS(=O)(=O)Nc1ccc(F)c(C(=O)c2c[nH]c3ncnc(Nc4ccc(C(=O)O)cc4)c23)c1F. The summed E-state index contributed by atoms with van der Waals surface area (Å²) in [5, 5.41) is 12.1. The lowest BCUT2D eigenvalue weighted by Crippen LogP contribution is -2.18. The van der Waals surface area contributed by atoms with Crippen LogP contribution in [0, 0.1) is 11.6 Å². The summed E-state index contributed by atoms with van der Waals surface area (Å²) in [7, 11) is -3.90. The van der Waals surface area contributed by atoms with Crippen LogP contribution in [0.1, 0.15) is 39.6 Å². The third-order valence-electron chi connectivity index (χ3n) is 5.17. The van der Waals surface area contributed by atoms with Gasteiger partial charge in [-0.15, -0.1) is 0 Å². The summed E-state index contributed by atoms with van der Waals surface area (Å²) in [6.07, 6.45) is 2.69. The van der Waals surface area contributed by atoms with E-state index in [1.807, 2.05) is 4.72 Å². The molecule has 0 aliphatic carbocycles. The molecule has 4 aromatic rings. The molecule has 0 aliphatic heterocycles. The number of halogens is 2. The van der Waals surface area contributed by atoms with Crippen LogP contribution in [0.25, 0.3) is 11.0 Å². The summed E-state index contributed by atoms with van der Waals surface area (Å²) in [6.45, 7) is 1.63. The monoisotopic (exact) mass is 515 g/mol. The molecule has 0 amide bonds. The number of carbonyl (C=O) groups is 2. The Morgan fingerprint density at radius 1 is 1.08 bits per heavy atom. The number of anilines is 3. The van der Waals surface area contributed by atoms with E-state index in [-0.39, 0.29) is 40.2 Å². The van der Waals surface area contributed by atoms with Gasteiger partial charge in [0.2, 0.25) is 15.8 Å². The Labute approximate surface area is 203 Å². The van der Waals surface area contributed by atoms with E-state index in [4.69, 9.17) is 5.11 Å². The summed E-state index contributed by atoms with van der Waals surface area (Å²) < 4.78 is 56.1. The van der Waals surface area contributed by atoms with Gasteiger partial charge in [-0.05, 0) is 42.8 Å². The molecule has 4 rings (SSSR count). The first-order valence-corrected chi connectivity index (χ1v) is 12.2. The maximum atomic E-state index is 15.2. The smallest absolute Gasteiger partial charge is 0.335 e. The molecule has 10 nitrogen and oxygen atoms in total. The number of H-pyrrole nitrogens is 1. The number of hydrogen-bond donors (Lipinski definition) is 4. The average Bonchev–Trinajstić information content (AvgIpc) is 3.26. The first-order valence-electron chi connectivity index (χ1n) is 10.6. The van der Waals surface area contributed by atoms with Crippen molar-refractivity contribution in [1.82, 2.24) is 15.0 Å². The fraction of sp³-hybridized carbons (Fsp3) is 0.130. The highest BCUT2D eigenvalue weighted by molar-refractivity contribution is 7.92. The molecular formula is C23H19F2N5O5S. The maximum Gasteiger partial charge on any atom is 0.335 e. The number of aromatic nitrogens is 3. The molecule has 0 bridgehead atoms. The van der Waals surface area contributed by atoms with Crippen molar-refractivity contribution in [2.45, 2.75) is 13.3 Å². The van der Waals surface area contributed by atoms with E-state index < -0.39 is 44.7 Å². The van der Waals surface area contributed by atoms with Crippen molar-refractivity contribution < 1.29 is 31.9 Å². The first-order chi connectivity index (χ1) is 17.1. The molecule has 0 saturated carbocycles. The quantitative estimate of drug-likeness (QED) is 0.243. The van der Waals surface area contributed by atoms with Gasteiger partial charge in [0.25, 0.3) is 0 Å². The number of aromatic amines is 1. The molecule has 0 atom stereocenters. The zero-order chi connectivity index (χ0) is 26.0. The van der Waals surface area contributed by atoms with Crippen LogP contribution in [0.5, 0.6) is 0 Å². The second-order valence-electron chi connectivity index (χ2n) is 7.69. The van der Waals surface area contributed by atoms with Gasteiger partial charge in [0.1, 0.15) is 23.6 Å². The third-order valence-corrected chi connectivity index (χ3v) is 6.64. The number of benzene rings is 2. The van der Waals surface area contributed by atoms with Crippen molar-refractivity contribution in [2.24, 2.45) is 0 Å². The number of rotatable bonds is 9. The highest BCUT2D eigenvalue weighted by atomic mass is 32.2. The van der Waals surface area contributed by atoms with Gasteiger partial charge in [-0.1, -0.05) is 6.92 Å². The Bertz CT molecular complexity index is 1590. The molecule has 13 heteroatoms.